The van der Waals surface area contributed by atoms with Gasteiger partial charge in [0.05, 0.1) is 7.11 Å². The van der Waals surface area contributed by atoms with E-state index in [-0.39, 0.29) is 27.6 Å². The molecule has 1 unspecified atom stereocenters. The molecule has 4 nitrogen and oxygen atoms in total. The predicted molar refractivity (Wildman–Crippen MR) is 92.4 cm³/mol. The number of alkyl halides is 3. The Bertz CT molecular complexity index is 816. The van der Waals surface area contributed by atoms with E-state index in [1.165, 1.54) is 38.1 Å². The molecule has 0 bridgehead atoms. The number of carbonyl (C=O) groups excluding carboxylic acids is 1. The smallest absolute Gasteiger partial charge is 0.426 e. The molecule has 0 aromatic heterocycles. The summed E-state index contributed by atoms with van der Waals surface area (Å²) >= 11 is 5.85. The number of phenolic OH excluding ortho intramolecular Hbond substituents is 1. The topological polar surface area (TPSA) is 58.6 Å². The molecule has 0 radical (unpaired) electrons. The van der Waals surface area contributed by atoms with Crippen molar-refractivity contribution in [3.63, 3.8) is 0 Å². The molecule has 140 valence electrons. The summed E-state index contributed by atoms with van der Waals surface area (Å²) in [6.07, 6.45) is -5.04. The standard InChI is InChI=1S/C18H17ClF3NO3/c1-10-7-12(8-11(2)15(10)24)17(16(25)26-3,18(20,21)22)23-14-6-4-5-13(19)9-14/h4-9,23-24H,1-3H3. The van der Waals surface area contributed by atoms with Gasteiger partial charge in [-0.1, -0.05) is 17.7 Å². The lowest BCUT2D eigenvalue weighted by atomic mass is 9.86. The Labute approximate surface area is 153 Å². The summed E-state index contributed by atoms with van der Waals surface area (Å²) in [6.45, 7) is 2.90. The number of esters is 1. The molecule has 0 saturated heterocycles. The number of benzene rings is 2. The van der Waals surface area contributed by atoms with E-state index < -0.39 is 23.2 Å². The van der Waals surface area contributed by atoms with Crippen LogP contribution in [0, 0.1) is 13.8 Å². The van der Waals surface area contributed by atoms with Crippen molar-refractivity contribution in [3.05, 3.63) is 58.1 Å². The average Bonchev–Trinajstić information content (AvgIpc) is 2.55. The Morgan fingerprint density at radius 2 is 1.73 bits per heavy atom. The third-order valence-corrected chi connectivity index (χ3v) is 4.23. The fourth-order valence-corrected chi connectivity index (χ4v) is 2.89. The maximum Gasteiger partial charge on any atom is 0.426 e. The molecule has 0 spiro atoms. The molecule has 2 aromatic rings. The Balaban J connectivity index is 2.78. The van der Waals surface area contributed by atoms with E-state index in [4.69, 9.17) is 11.6 Å². The molecule has 0 aliphatic heterocycles. The van der Waals surface area contributed by atoms with E-state index in [0.29, 0.717) is 0 Å². The van der Waals surface area contributed by atoms with Crippen molar-refractivity contribution in [2.75, 3.05) is 12.4 Å². The zero-order valence-electron chi connectivity index (χ0n) is 14.2. The van der Waals surface area contributed by atoms with Gasteiger partial charge in [-0.3, -0.25) is 0 Å². The lowest BCUT2D eigenvalue weighted by molar-refractivity contribution is -0.201. The second kappa shape index (κ2) is 7.07. The number of methoxy groups -OCH3 is 1. The molecule has 0 aliphatic carbocycles. The van der Waals surface area contributed by atoms with Crippen LogP contribution in [-0.4, -0.2) is 24.4 Å². The summed E-state index contributed by atoms with van der Waals surface area (Å²) in [7, 11) is 0.878. The Morgan fingerprint density at radius 3 is 2.19 bits per heavy atom. The highest BCUT2D eigenvalue weighted by molar-refractivity contribution is 6.30. The lowest BCUT2D eigenvalue weighted by Crippen LogP contribution is -2.55. The number of carbonyl (C=O) groups is 1. The van der Waals surface area contributed by atoms with Gasteiger partial charge in [0.15, 0.2) is 0 Å². The molecule has 26 heavy (non-hydrogen) atoms. The van der Waals surface area contributed by atoms with Crippen molar-refractivity contribution >= 4 is 23.3 Å². The largest absolute Gasteiger partial charge is 0.507 e. The Morgan fingerprint density at radius 1 is 1.15 bits per heavy atom. The van der Waals surface area contributed by atoms with E-state index in [9.17, 15) is 23.1 Å². The van der Waals surface area contributed by atoms with Gasteiger partial charge in [0.25, 0.3) is 5.54 Å². The quantitative estimate of drug-likeness (QED) is 0.746. The van der Waals surface area contributed by atoms with Gasteiger partial charge in [-0.15, -0.1) is 0 Å². The summed E-state index contributed by atoms with van der Waals surface area (Å²) in [6, 6.07) is 7.78. The van der Waals surface area contributed by atoms with E-state index in [1.54, 1.807) is 0 Å². The number of ether oxygens (including phenoxy) is 1. The van der Waals surface area contributed by atoms with Crippen LogP contribution >= 0.6 is 11.6 Å². The van der Waals surface area contributed by atoms with E-state index in [1.807, 2.05) is 0 Å². The number of rotatable bonds is 4. The molecule has 0 aliphatic rings. The minimum Gasteiger partial charge on any atom is -0.507 e. The van der Waals surface area contributed by atoms with Gasteiger partial charge in [0.2, 0.25) is 0 Å². The molecular formula is C18H17ClF3NO3. The normalized spacial score (nSPS) is 13.8. The predicted octanol–water partition coefficient (Wildman–Crippen LogP) is 4.71. The van der Waals surface area contributed by atoms with Crippen LogP contribution in [0.1, 0.15) is 16.7 Å². The number of anilines is 1. The zero-order chi connectivity index (χ0) is 19.7. The van der Waals surface area contributed by atoms with Gasteiger partial charge < -0.3 is 15.2 Å². The second-order valence-electron chi connectivity index (χ2n) is 5.83. The number of phenols is 1. The summed E-state index contributed by atoms with van der Waals surface area (Å²) in [5.74, 6) is -1.67. The molecule has 1 atom stereocenters. The van der Waals surface area contributed by atoms with E-state index >= 15 is 0 Å². The zero-order valence-corrected chi connectivity index (χ0v) is 15.0. The molecule has 2 N–H and O–H groups in total. The van der Waals surface area contributed by atoms with Gasteiger partial charge in [0, 0.05) is 10.7 Å². The van der Waals surface area contributed by atoms with Gasteiger partial charge >= 0.3 is 12.1 Å². The third kappa shape index (κ3) is 3.44. The van der Waals surface area contributed by atoms with Crippen molar-refractivity contribution in [2.24, 2.45) is 0 Å². The van der Waals surface area contributed by atoms with Crippen molar-refractivity contribution in [1.29, 1.82) is 0 Å². The van der Waals surface area contributed by atoms with Crippen LogP contribution in [0.15, 0.2) is 36.4 Å². The number of hydrogen-bond donors (Lipinski definition) is 2. The average molecular weight is 388 g/mol. The monoisotopic (exact) mass is 387 g/mol. The first-order valence-electron chi connectivity index (χ1n) is 7.52. The minimum atomic E-state index is -5.04. The maximum atomic E-state index is 14.2. The van der Waals surface area contributed by atoms with Crippen LogP contribution < -0.4 is 5.32 Å². The first kappa shape index (κ1) is 19.9. The summed E-state index contributed by atoms with van der Waals surface area (Å²) in [5.41, 5.74) is -3.18. The van der Waals surface area contributed by atoms with E-state index in [0.717, 1.165) is 19.2 Å². The number of aryl methyl sites for hydroxylation is 2. The molecular weight excluding hydrogens is 371 g/mol. The first-order valence-corrected chi connectivity index (χ1v) is 7.90. The Hall–Kier alpha value is -2.41. The van der Waals surface area contributed by atoms with Crippen LogP contribution in [0.4, 0.5) is 18.9 Å². The first-order chi connectivity index (χ1) is 12.0. The molecule has 0 amide bonds. The SMILES string of the molecule is COC(=O)C(Nc1cccc(Cl)c1)(c1cc(C)c(O)c(C)c1)C(F)(F)F. The van der Waals surface area contributed by atoms with Crippen LogP contribution in [0.5, 0.6) is 5.75 Å². The van der Waals surface area contributed by atoms with Crippen molar-refractivity contribution in [2.45, 2.75) is 25.6 Å². The minimum absolute atomic E-state index is 0.0105. The molecule has 0 saturated carbocycles. The van der Waals surface area contributed by atoms with Crippen LogP contribution in [-0.2, 0) is 15.1 Å². The second-order valence-corrected chi connectivity index (χ2v) is 6.27. The van der Waals surface area contributed by atoms with Crippen LogP contribution in [0.3, 0.4) is 0 Å². The molecule has 0 heterocycles. The maximum absolute atomic E-state index is 14.2. The van der Waals surface area contributed by atoms with Crippen molar-refractivity contribution < 1.29 is 27.8 Å². The number of aromatic hydroxyl groups is 1. The third-order valence-electron chi connectivity index (χ3n) is 4.00. The van der Waals surface area contributed by atoms with Gasteiger partial charge in [-0.25, -0.2) is 4.79 Å². The van der Waals surface area contributed by atoms with Crippen LogP contribution in [0.25, 0.3) is 0 Å². The molecule has 2 rings (SSSR count). The summed E-state index contributed by atoms with van der Waals surface area (Å²) < 4.78 is 47.1. The highest BCUT2D eigenvalue weighted by Gasteiger charge is 2.63. The highest BCUT2D eigenvalue weighted by atomic mass is 35.5. The van der Waals surface area contributed by atoms with Gasteiger partial charge in [0.1, 0.15) is 5.75 Å². The molecule has 2 aromatic carbocycles. The highest BCUT2D eigenvalue weighted by Crippen LogP contribution is 2.44. The van der Waals surface area contributed by atoms with Crippen LogP contribution in [0.2, 0.25) is 5.02 Å². The number of halogens is 4. The Kier molecular flexibility index (Phi) is 5.41. The lowest BCUT2D eigenvalue weighted by Gasteiger charge is -2.35. The van der Waals surface area contributed by atoms with Crippen molar-refractivity contribution in [3.8, 4) is 5.75 Å². The molecule has 8 heteroatoms. The fraction of sp³-hybridized carbons (Fsp3) is 0.278. The fourth-order valence-electron chi connectivity index (χ4n) is 2.70. The van der Waals surface area contributed by atoms with Crippen molar-refractivity contribution in [1.82, 2.24) is 0 Å². The van der Waals surface area contributed by atoms with Gasteiger partial charge in [-0.2, -0.15) is 13.2 Å². The molecule has 0 fully saturated rings. The summed E-state index contributed by atoms with van der Waals surface area (Å²) in [5, 5.41) is 12.3. The number of nitrogens with one attached hydrogen (secondary N) is 1. The number of hydrogen-bond acceptors (Lipinski definition) is 4. The summed E-state index contributed by atoms with van der Waals surface area (Å²) in [4.78, 5) is 12.4. The van der Waals surface area contributed by atoms with Gasteiger partial charge in [-0.05, 0) is 60.9 Å². The van der Waals surface area contributed by atoms with E-state index in [2.05, 4.69) is 10.1 Å².